The first kappa shape index (κ1) is 31.3. The summed E-state index contributed by atoms with van der Waals surface area (Å²) in [5.41, 5.74) is 15.7. The Bertz CT molecular complexity index is 3030. The topological polar surface area (TPSA) is 22.0 Å². The number of hydrogen-bond acceptors (Lipinski definition) is 1. The molecule has 1 atom stereocenters. The van der Waals surface area contributed by atoms with Crippen LogP contribution in [0.4, 0.5) is 0 Å². The van der Waals surface area contributed by atoms with Gasteiger partial charge in [-0.05, 0) is 98.1 Å². The molecule has 2 heterocycles. The van der Waals surface area contributed by atoms with Crippen LogP contribution in [-0.2, 0) is 9.98 Å². The highest BCUT2D eigenvalue weighted by molar-refractivity contribution is 7.86. The van der Waals surface area contributed by atoms with Crippen molar-refractivity contribution in [2.45, 2.75) is 19.3 Å². The van der Waals surface area contributed by atoms with Crippen LogP contribution in [0.25, 0.3) is 72.0 Å². The van der Waals surface area contributed by atoms with E-state index < -0.39 is 7.14 Å². The molecule has 11 rings (SSSR count). The van der Waals surface area contributed by atoms with E-state index in [1.807, 2.05) is 36.4 Å². The van der Waals surface area contributed by atoms with Crippen molar-refractivity contribution in [3.63, 3.8) is 0 Å². The Hall–Kier alpha value is -6.21. The molecule has 54 heavy (non-hydrogen) atoms. The standard InChI is InChI=1S/C51H36NOP/c1-51(2)45-27-23-35(33-13-5-3-6-14-33)29-41(45)42-30-36(24-28-46(42)51)34-21-25-37(26-22-34)52-47-19-11-9-17-39(47)43-32-50-44(31-48(43)52)40-18-10-12-20-49(40)54(50,53)38-15-7-4-8-16-38/h3-32H,1-2H3. The molecule has 3 heteroatoms. The third-order valence-corrected chi connectivity index (χ3v) is 15.2. The zero-order valence-corrected chi connectivity index (χ0v) is 31.0. The second kappa shape index (κ2) is 11.4. The second-order valence-electron chi connectivity index (χ2n) is 15.3. The average Bonchev–Trinajstić information content (AvgIpc) is 3.78. The Kier molecular flexibility index (Phi) is 6.61. The van der Waals surface area contributed by atoms with Crippen molar-refractivity contribution in [3.05, 3.63) is 193 Å². The lowest BCUT2D eigenvalue weighted by Crippen LogP contribution is -2.20. The number of para-hydroxylation sites is 1. The van der Waals surface area contributed by atoms with Crippen LogP contribution in [0.1, 0.15) is 25.0 Å². The summed E-state index contributed by atoms with van der Waals surface area (Å²) in [6, 6.07) is 65.0. The minimum absolute atomic E-state index is 0.0612. The third kappa shape index (κ3) is 4.32. The van der Waals surface area contributed by atoms with Gasteiger partial charge in [0.05, 0.1) is 11.0 Å². The number of fused-ring (bicyclic) bond motifs is 9. The fourth-order valence-corrected chi connectivity index (χ4v) is 12.4. The maximum Gasteiger partial charge on any atom is 0.172 e. The predicted molar refractivity (Wildman–Crippen MR) is 228 cm³/mol. The van der Waals surface area contributed by atoms with Crippen LogP contribution in [0.3, 0.4) is 0 Å². The molecule has 0 radical (unpaired) electrons. The molecule has 0 spiro atoms. The number of rotatable bonds is 4. The zero-order valence-electron chi connectivity index (χ0n) is 30.1. The van der Waals surface area contributed by atoms with Gasteiger partial charge < -0.3 is 9.13 Å². The molecule has 2 nitrogen and oxygen atoms in total. The largest absolute Gasteiger partial charge is 0.309 e. The molecule has 2 aliphatic rings. The van der Waals surface area contributed by atoms with E-state index in [1.54, 1.807) is 0 Å². The van der Waals surface area contributed by atoms with Gasteiger partial charge >= 0.3 is 0 Å². The SMILES string of the molecule is CC1(C)c2ccc(-c3ccccc3)cc2-c2cc(-c3ccc(-n4c5ccccc5c5cc6c(cc54)-c4ccccc4P6(=O)c4ccccc4)cc3)ccc21. The Morgan fingerprint density at radius 1 is 0.426 bits per heavy atom. The molecule has 0 saturated heterocycles. The van der Waals surface area contributed by atoms with Crippen LogP contribution in [0.5, 0.6) is 0 Å². The van der Waals surface area contributed by atoms with E-state index in [9.17, 15) is 0 Å². The van der Waals surface area contributed by atoms with Gasteiger partial charge in [0, 0.05) is 37.8 Å². The highest BCUT2D eigenvalue weighted by Crippen LogP contribution is 2.54. The Morgan fingerprint density at radius 3 is 1.70 bits per heavy atom. The van der Waals surface area contributed by atoms with E-state index in [2.05, 4.69) is 164 Å². The van der Waals surface area contributed by atoms with Crippen LogP contribution in [-0.4, -0.2) is 4.57 Å². The summed E-state index contributed by atoms with van der Waals surface area (Å²) in [6.07, 6.45) is 0. The molecule has 9 aromatic rings. The summed E-state index contributed by atoms with van der Waals surface area (Å²) in [5.74, 6) is 0. The molecule has 1 aliphatic heterocycles. The second-order valence-corrected chi connectivity index (χ2v) is 18.0. The third-order valence-electron chi connectivity index (χ3n) is 12.0. The van der Waals surface area contributed by atoms with E-state index >= 15 is 4.57 Å². The van der Waals surface area contributed by atoms with E-state index in [4.69, 9.17) is 0 Å². The van der Waals surface area contributed by atoms with Gasteiger partial charge in [-0.15, -0.1) is 0 Å². The summed E-state index contributed by atoms with van der Waals surface area (Å²) >= 11 is 0. The maximum atomic E-state index is 15.3. The Balaban J connectivity index is 1.04. The van der Waals surface area contributed by atoms with Gasteiger partial charge in [0.25, 0.3) is 0 Å². The van der Waals surface area contributed by atoms with E-state index in [0.717, 1.165) is 54.5 Å². The smallest absolute Gasteiger partial charge is 0.172 e. The lowest BCUT2D eigenvalue weighted by atomic mass is 9.82. The average molecular weight is 710 g/mol. The van der Waals surface area contributed by atoms with Crippen molar-refractivity contribution < 1.29 is 4.57 Å². The molecule has 1 aliphatic carbocycles. The van der Waals surface area contributed by atoms with Crippen molar-refractivity contribution in [2.24, 2.45) is 0 Å². The maximum absolute atomic E-state index is 15.3. The van der Waals surface area contributed by atoms with Gasteiger partial charge in [-0.1, -0.05) is 153 Å². The van der Waals surface area contributed by atoms with Crippen LogP contribution in [0.2, 0.25) is 0 Å². The van der Waals surface area contributed by atoms with Crippen molar-refractivity contribution >= 4 is 44.9 Å². The summed E-state index contributed by atoms with van der Waals surface area (Å²) in [4.78, 5) is 0. The van der Waals surface area contributed by atoms with Crippen molar-refractivity contribution in [1.29, 1.82) is 0 Å². The van der Waals surface area contributed by atoms with Crippen LogP contribution >= 0.6 is 7.14 Å². The van der Waals surface area contributed by atoms with Crippen molar-refractivity contribution in [1.82, 2.24) is 4.57 Å². The monoisotopic (exact) mass is 709 g/mol. The molecule has 256 valence electrons. The summed E-state index contributed by atoms with van der Waals surface area (Å²) in [6.45, 7) is 4.68. The van der Waals surface area contributed by atoms with Crippen LogP contribution in [0.15, 0.2) is 182 Å². The molecule has 1 unspecified atom stereocenters. The number of aromatic nitrogens is 1. The first-order valence-electron chi connectivity index (χ1n) is 18.7. The molecule has 8 aromatic carbocycles. The lowest BCUT2D eigenvalue weighted by Gasteiger charge is -2.21. The predicted octanol–water partition coefficient (Wildman–Crippen LogP) is 12.0. The Morgan fingerprint density at radius 2 is 1.00 bits per heavy atom. The zero-order chi connectivity index (χ0) is 36.2. The lowest BCUT2D eigenvalue weighted by molar-refractivity contribution is 0.593. The summed E-state index contributed by atoms with van der Waals surface area (Å²) in [7, 11) is -3.05. The summed E-state index contributed by atoms with van der Waals surface area (Å²) in [5, 5.41) is 5.01. The van der Waals surface area contributed by atoms with E-state index in [-0.39, 0.29) is 5.41 Å². The summed E-state index contributed by atoms with van der Waals surface area (Å²) < 4.78 is 17.7. The van der Waals surface area contributed by atoms with Gasteiger partial charge in [-0.3, -0.25) is 0 Å². The van der Waals surface area contributed by atoms with Gasteiger partial charge in [-0.2, -0.15) is 0 Å². The van der Waals surface area contributed by atoms with E-state index in [0.29, 0.717) is 0 Å². The number of nitrogens with zero attached hydrogens (tertiary/aromatic N) is 1. The fraction of sp³-hybridized carbons (Fsp3) is 0.0588. The highest BCUT2D eigenvalue weighted by Gasteiger charge is 2.41. The molecular formula is C51H36NOP. The van der Waals surface area contributed by atoms with Crippen molar-refractivity contribution in [2.75, 3.05) is 0 Å². The van der Waals surface area contributed by atoms with Gasteiger partial charge in [-0.25, -0.2) is 0 Å². The van der Waals surface area contributed by atoms with Gasteiger partial charge in [0.2, 0.25) is 0 Å². The molecule has 1 aromatic heterocycles. The minimum Gasteiger partial charge on any atom is -0.309 e. The quantitative estimate of drug-likeness (QED) is 0.167. The molecular weight excluding hydrogens is 674 g/mol. The number of hydrogen-bond donors (Lipinski definition) is 0. The molecule has 0 saturated carbocycles. The first-order valence-corrected chi connectivity index (χ1v) is 20.4. The molecule has 0 amide bonds. The fourth-order valence-electron chi connectivity index (χ4n) is 9.34. The number of benzene rings is 8. The highest BCUT2D eigenvalue weighted by atomic mass is 31.2. The van der Waals surface area contributed by atoms with E-state index in [1.165, 1.54) is 44.5 Å². The van der Waals surface area contributed by atoms with Crippen LogP contribution < -0.4 is 15.9 Å². The van der Waals surface area contributed by atoms with Gasteiger partial charge in [0.15, 0.2) is 7.14 Å². The Labute approximate surface area is 315 Å². The first-order chi connectivity index (χ1) is 26.4. The minimum atomic E-state index is -3.05. The van der Waals surface area contributed by atoms with Crippen molar-refractivity contribution in [3.8, 4) is 50.2 Å². The normalized spacial score (nSPS) is 16.3. The molecule has 0 N–H and O–H groups in total. The van der Waals surface area contributed by atoms with Crippen LogP contribution in [0, 0.1) is 0 Å². The molecule has 0 fully saturated rings. The molecule has 0 bridgehead atoms. The van der Waals surface area contributed by atoms with Gasteiger partial charge in [0.1, 0.15) is 0 Å².